The number of likely N-dealkylation sites (N-methyl/N-ethyl adjacent to an activating group) is 3. The fourth-order valence-corrected chi connectivity index (χ4v) is 12.4. The maximum Gasteiger partial charge on any atom is 0.331 e. The Labute approximate surface area is 555 Å². The van der Waals surface area contributed by atoms with E-state index in [-0.39, 0.29) is 38.6 Å². The number of cyclic esters (lactones) is 1. The minimum absolute atomic E-state index is 0.0479. The van der Waals surface area contributed by atoms with Crippen LogP contribution >= 0.6 is 11.6 Å². The fourth-order valence-electron chi connectivity index (χ4n) is 12.2. The molecule has 510 valence electrons. The SMILES string of the molecule is CCCC[C@@H]1NC(=O)[C@H](Cc2c[nH]c3ccccc23)NC(=O)[C@H](C)NC(=O)C[C@@H](C(=O)N2CCCCC2)NC(=O)[C@@H]2CCCN2C(=O)CN(C)C(=O)[C@H](Cc2cccc(Cl)c2)N(C)C(=O)[C@H](C)N(C)C(=O)COC(=O)[C@H](CO)NC(=O)[C@H](Cc2c[nH]c3ccccc23)NC1=O. The van der Waals surface area contributed by atoms with E-state index in [9.17, 15) is 62.6 Å². The number of unbranched alkanes of at least 4 members (excludes halogenated alkanes) is 1. The van der Waals surface area contributed by atoms with Gasteiger partial charge in [0.1, 0.15) is 48.3 Å². The Balaban J connectivity index is 1.12. The number of aliphatic hydroxyl groups excluding tert-OH is 1. The number of aromatic nitrogens is 2. The first kappa shape index (κ1) is 71.5. The molecule has 3 aliphatic heterocycles. The Hall–Kier alpha value is -9.37. The minimum Gasteiger partial charge on any atom is -0.454 e. The monoisotopic (exact) mass is 1330 g/mol. The number of ether oxygens (including phenoxy) is 1. The molecule has 3 fully saturated rings. The van der Waals surface area contributed by atoms with Crippen LogP contribution in [0.25, 0.3) is 21.8 Å². The zero-order valence-corrected chi connectivity index (χ0v) is 55.1. The third-order valence-electron chi connectivity index (χ3n) is 17.9. The molecule has 28 heteroatoms. The Morgan fingerprint density at radius 3 is 1.82 bits per heavy atom. The van der Waals surface area contributed by atoms with Gasteiger partial charge in [-0.2, -0.15) is 0 Å². The molecular weight excluding hydrogens is 1250 g/mol. The van der Waals surface area contributed by atoms with E-state index in [0.717, 1.165) is 32.0 Å². The molecule has 9 atom stereocenters. The number of para-hydroxylation sites is 2. The third kappa shape index (κ3) is 18.3. The highest BCUT2D eigenvalue weighted by atomic mass is 35.5. The first-order chi connectivity index (χ1) is 45.5. The van der Waals surface area contributed by atoms with Crippen LogP contribution in [0.1, 0.15) is 95.2 Å². The number of rotatable bonds is 11. The van der Waals surface area contributed by atoms with Crippen molar-refractivity contribution in [1.29, 1.82) is 0 Å². The predicted octanol–water partition coefficient (Wildman–Crippen LogP) is 1.52. The lowest BCUT2D eigenvalue weighted by molar-refractivity contribution is -0.157. The van der Waals surface area contributed by atoms with Crippen molar-refractivity contribution in [2.45, 2.75) is 152 Å². The van der Waals surface area contributed by atoms with Crippen molar-refractivity contribution >= 4 is 104 Å². The number of benzene rings is 3. The first-order valence-electron chi connectivity index (χ1n) is 32.2. The number of hydrogen-bond donors (Lipinski definition) is 9. The molecule has 0 unspecified atom stereocenters. The number of aromatic amines is 2. The topological polar surface area (TPSA) is 354 Å². The second kappa shape index (κ2) is 33.1. The van der Waals surface area contributed by atoms with E-state index in [2.05, 4.69) is 41.9 Å². The van der Waals surface area contributed by atoms with E-state index in [4.69, 9.17) is 16.3 Å². The number of hydrogen-bond acceptors (Lipinski definition) is 14. The number of piperidine rings is 1. The lowest BCUT2D eigenvalue weighted by Gasteiger charge is -2.35. The number of carbonyl (C=O) groups is 12. The zero-order chi connectivity index (χ0) is 68.6. The minimum atomic E-state index is -1.80. The summed E-state index contributed by atoms with van der Waals surface area (Å²) >= 11 is 6.36. The Bertz CT molecular complexity index is 3640. The molecule has 27 nitrogen and oxygen atoms in total. The molecule has 2 aromatic heterocycles. The van der Waals surface area contributed by atoms with E-state index in [1.165, 1.54) is 39.9 Å². The van der Waals surface area contributed by atoms with E-state index < -0.39 is 152 Å². The van der Waals surface area contributed by atoms with Crippen LogP contribution < -0.4 is 31.9 Å². The lowest BCUT2D eigenvalue weighted by Crippen LogP contribution is -2.60. The predicted molar refractivity (Wildman–Crippen MR) is 350 cm³/mol. The van der Waals surface area contributed by atoms with Gasteiger partial charge in [-0.15, -0.1) is 0 Å². The van der Waals surface area contributed by atoms with Crippen molar-refractivity contribution in [3.63, 3.8) is 0 Å². The molecule has 3 saturated heterocycles. The Kier molecular flexibility index (Phi) is 24.9. The molecule has 9 N–H and O–H groups in total. The maximum atomic E-state index is 14.9. The van der Waals surface area contributed by atoms with E-state index in [1.807, 2.05) is 25.1 Å². The Morgan fingerprint density at radius 2 is 1.21 bits per heavy atom. The molecule has 0 radical (unpaired) electrons. The second-order valence-electron chi connectivity index (χ2n) is 24.7. The number of likely N-dealkylation sites (tertiary alicyclic amines) is 1. The molecule has 3 aromatic carbocycles. The molecule has 3 aliphatic rings. The molecule has 95 heavy (non-hydrogen) atoms. The highest BCUT2D eigenvalue weighted by molar-refractivity contribution is 6.30. The normalized spacial score (nSPS) is 24.7. The number of amides is 11. The molecular formula is C67H86ClN13O14. The number of fused-ring (bicyclic) bond motifs is 3. The van der Waals surface area contributed by atoms with Crippen LogP contribution in [0.15, 0.2) is 85.2 Å². The van der Waals surface area contributed by atoms with Gasteiger partial charge in [-0.25, -0.2) is 4.79 Å². The fraction of sp³-hybridized carbons (Fsp3) is 0.493. The van der Waals surface area contributed by atoms with Crippen LogP contribution in [0.3, 0.4) is 0 Å². The van der Waals surface area contributed by atoms with Gasteiger partial charge in [0, 0.05) is 99.3 Å². The average molecular weight is 1330 g/mol. The van der Waals surface area contributed by atoms with Crippen LogP contribution in [0.4, 0.5) is 0 Å². The van der Waals surface area contributed by atoms with Gasteiger partial charge in [0.05, 0.1) is 19.6 Å². The van der Waals surface area contributed by atoms with Gasteiger partial charge in [0.2, 0.25) is 59.1 Å². The molecule has 0 bridgehead atoms. The number of nitrogens with zero attached hydrogens (tertiary/aromatic N) is 5. The molecule has 8 rings (SSSR count). The average Bonchev–Trinajstić information content (AvgIpc) is 1.85. The van der Waals surface area contributed by atoms with Crippen LogP contribution in [0, 0.1) is 0 Å². The van der Waals surface area contributed by atoms with Crippen LogP contribution in [-0.4, -0.2) is 225 Å². The highest BCUT2D eigenvalue weighted by Crippen LogP contribution is 2.24. The van der Waals surface area contributed by atoms with Crippen molar-refractivity contribution < 1.29 is 67.4 Å². The summed E-state index contributed by atoms with van der Waals surface area (Å²) in [6, 6.07) is 8.42. The van der Waals surface area contributed by atoms with Crippen LogP contribution in [0.2, 0.25) is 5.02 Å². The molecule has 0 spiro atoms. The van der Waals surface area contributed by atoms with E-state index >= 15 is 0 Å². The summed E-state index contributed by atoms with van der Waals surface area (Å²) in [5.41, 5.74) is 3.15. The largest absolute Gasteiger partial charge is 0.454 e. The molecule has 0 aliphatic carbocycles. The Morgan fingerprint density at radius 1 is 0.621 bits per heavy atom. The van der Waals surface area contributed by atoms with Gasteiger partial charge in [-0.3, -0.25) is 52.7 Å². The quantitative estimate of drug-likeness (QED) is 0.0848. The van der Waals surface area contributed by atoms with Gasteiger partial charge in [0.25, 0.3) is 5.91 Å². The summed E-state index contributed by atoms with van der Waals surface area (Å²) in [5.74, 6) is -9.77. The zero-order valence-electron chi connectivity index (χ0n) is 54.4. The molecule has 5 heterocycles. The van der Waals surface area contributed by atoms with Gasteiger partial charge < -0.3 is 76.2 Å². The summed E-state index contributed by atoms with van der Waals surface area (Å²) < 4.78 is 5.35. The van der Waals surface area contributed by atoms with Gasteiger partial charge in [-0.1, -0.05) is 79.9 Å². The van der Waals surface area contributed by atoms with Gasteiger partial charge in [0.15, 0.2) is 12.6 Å². The molecule has 5 aromatic rings. The smallest absolute Gasteiger partial charge is 0.331 e. The van der Waals surface area contributed by atoms with Crippen molar-refractivity contribution in [2.75, 3.05) is 60.5 Å². The van der Waals surface area contributed by atoms with Crippen molar-refractivity contribution in [3.05, 3.63) is 107 Å². The summed E-state index contributed by atoms with van der Waals surface area (Å²) in [6.07, 6.45) is 6.04. The van der Waals surface area contributed by atoms with Crippen molar-refractivity contribution in [2.24, 2.45) is 0 Å². The van der Waals surface area contributed by atoms with Crippen molar-refractivity contribution in [3.8, 4) is 0 Å². The number of H-pyrrole nitrogens is 2. The van der Waals surface area contributed by atoms with E-state index in [0.29, 0.717) is 77.8 Å². The number of halogens is 1. The van der Waals surface area contributed by atoms with Crippen LogP contribution in [0.5, 0.6) is 0 Å². The third-order valence-corrected chi connectivity index (χ3v) is 18.1. The number of nitrogens with one attached hydrogen (secondary N) is 8. The number of esters is 1. The lowest BCUT2D eigenvalue weighted by atomic mass is 10.0. The molecule has 0 saturated carbocycles. The highest BCUT2D eigenvalue weighted by Gasteiger charge is 2.41. The molecule has 11 amide bonds. The summed E-state index contributed by atoms with van der Waals surface area (Å²) in [7, 11) is 3.97. The standard InChI is InChI=1S/C67H86ClN13O14/c1-7-8-22-49-60(87)74-51(32-43-35-70-48-24-13-11-21-46(43)48)62(89)76-53(37-82)67(94)95-38-58(85)78(5)40(3)64(91)79(6)55(30-41-18-16-19-44(68)29-41)66(93)77(4)36-57(84)81-28-17-25-54(81)63(90)75-52(65(92)80-26-14-9-15-27-80)33-56(83)71-39(2)59(86)73-50(61(88)72-49)31-42-34-69-47-23-12-10-20-45(42)47/h10-13,16,18-21,23-24,29,34-35,39-40,49-55,69-70,82H,7-9,14-15,17,22,25-28,30-33,36-38H2,1-6H3,(H,71,83)(H,72,88)(H,73,86)(H,74,87)(H,75,90)(H,76,89)/t39-,40-,49-,50-,51-,52-,53-,54-,55-/m0/s1. The van der Waals surface area contributed by atoms with Gasteiger partial charge in [-0.05, 0) is 93.3 Å². The number of aliphatic hydroxyl groups is 1. The summed E-state index contributed by atoms with van der Waals surface area (Å²) in [4.78, 5) is 185. The first-order valence-corrected chi connectivity index (χ1v) is 32.6. The summed E-state index contributed by atoms with van der Waals surface area (Å²) in [6.45, 7) is 2.87. The van der Waals surface area contributed by atoms with Crippen LogP contribution in [-0.2, 0) is 81.5 Å². The van der Waals surface area contributed by atoms with Gasteiger partial charge >= 0.3 is 5.97 Å². The van der Waals surface area contributed by atoms with E-state index in [1.54, 1.807) is 71.9 Å². The number of carbonyl (C=O) groups excluding carboxylic acids is 12. The summed E-state index contributed by atoms with van der Waals surface area (Å²) in [5, 5.41) is 28.5. The van der Waals surface area contributed by atoms with Crippen molar-refractivity contribution in [1.82, 2.24) is 66.4 Å². The second-order valence-corrected chi connectivity index (χ2v) is 25.1. The maximum absolute atomic E-state index is 14.9.